The first-order chi connectivity index (χ1) is 13.6. The summed E-state index contributed by atoms with van der Waals surface area (Å²) in [6, 6.07) is 3.65. The fourth-order valence-electron chi connectivity index (χ4n) is 4.41. The van der Waals surface area contributed by atoms with Crippen LogP contribution >= 0.6 is 0 Å². The molecule has 0 saturated carbocycles. The highest BCUT2D eigenvalue weighted by molar-refractivity contribution is 6.10. The summed E-state index contributed by atoms with van der Waals surface area (Å²) in [6.07, 6.45) is 12.2. The number of fused-ring (bicyclic) bond motifs is 2. The highest BCUT2D eigenvalue weighted by Crippen LogP contribution is 2.35. The number of hydrogen-bond acceptors (Lipinski definition) is 4. The van der Waals surface area contributed by atoms with Crippen LogP contribution in [0, 0.1) is 11.7 Å². The highest BCUT2D eigenvalue weighted by atomic mass is 19.1. The lowest BCUT2D eigenvalue weighted by atomic mass is 9.89. The molecule has 0 atom stereocenters. The van der Waals surface area contributed by atoms with Gasteiger partial charge in [0.2, 0.25) is 0 Å². The standard InChI is InChI=1S/C23H25FN4/c1-15-3-4-19-5-6-21(26-28(19)14-15)17-11-18-13-22(25-23(18)20(24)12-17)16-7-9-27(2)10-8-16/h4-6,11-12,14,16H,3,7-10,13H2,1-2H3. The molecule has 1 fully saturated rings. The molecular weight excluding hydrogens is 351 g/mol. The van der Waals surface area contributed by atoms with E-state index in [1.54, 1.807) is 6.07 Å². The van der Waals surface area contributed by atoms with E-state index in [4.69, 9.17) is 10.1 Å². The van der Waals surface area contributed by atoms with Gasteiger partial charge >= 0.3 is 0 Å². The molecule has 0 aliphatic carbocycles. The third-order valence-electron chi connectivity index (χ3n) is 6.12. The van der Waals surface area contributed by atoms with Gasteiger partial charge in [-0.25, -0.2) is 9.40 Å². The van der Waals surface area contributed by atoms with Crippen LogP contribution in [0.15, 0.2) is 57.9 Å². The summed E-state index contributed by atoms with van der Waals surface area (Å²) < 4.78 is 14.9. The second-order valence-corrected chi connectivity index (χ2v) is 8.29. The predicted octanol–water partition coefficient (Wildman–Crippen LogP) is 4.56. The number of nitrogens with zero attached hydrogens (tertiary/aromatic N) is 4. The number of allylic oxidation sites excluding steroid dienone is 4. The third kappa shape index (κ3) is 3.14. The van der Waals surface area contributed by atoms with E-state index < -0.39 is 0 Å². The Kier molecular flexibility index (Phi) is 4.27. The van der Waals surface area contributed by atoms with Crippen LogP contribution in [0.3, 0.4) is 0 Å². The van der Waals surface area contributed by atoms with Crippen LogP contribution < -0.4 is 0 Å². The Hall–Kier alpha value is -2.53. The van der Waals surface area contributed by atoms with Gasteiger partial charge in [-0.15, -0.1) is 0 Å². The number of hydrogen-bond donors (Lipinski definition) is 0. The average Bonchev–Trinajstić information content (AvgIpc) is 3.13. The van der Waals surface area contributed by atoms with Gasteiger partial charge in [-0.2, -0.15) is 5.10 Å². The highest BCUT2D eigenvalue weighted by Gasteiger charge is 2.28. The summed E-state index contributed by atoms with van der Waals surface area (Å²) in [6.45, 7) is 4.28. The van der Waals surface area contributed by atoms with Gasteiger partial charge in [0.05, 0.1) is 11.4 Å². The van der Waals surface area contributed by atoms with Crippen LogP contribution in [0.4, 0.5) is 10.1 Å². The summed E-state index contributed by atoms with van der Waals surface area (Å²) in [5.41, 5.74) is 6.63. The second-order valence-electron chi connectivity index (χ2n) is 8.29. The van der Waals surface area contributed by atoms with Crippen molar-refractivity contribution in [2.45, 2.75) is 32.6 Å². The van der Waals surface area contributed by atoms with Crippen molar-refractivity contribution in [1.29, 1.82) is 0 Å². The van der Waals surface area contributed by atoms with Crippen molar-refractivity contribution in [3.05, 3.63) is 64.8 Å². The molecule has 1 saturated heterocycles. The molecule has 4 nitrogen and oxygen atoms in total. The van der Waals surface area contributed by atoms with Crippen molar-refractivity contribution in [2.75, 3.05) is 20.1 Å². The first-order valence-corrected chi connectivity index (χ1v) is 10.1. The maximum Gasteiger partial charge on any atom is 0.149 e. The Morgan fingerprint density at radius 2 is 1.96 bits per heavy atom. The van der Waals surface area contributed by atoms with E-state index in [0.717, 1.165) is 67.0 Å². The van der Waals surface area contributed by atoms with Crippen LogP contribution in [0.2, 0.25) is 0 Å². The molecule has 5 rings (SSSR count). The van der Waals surface area contributed by atoms with Crippen molar-refractivity contribution in [3.63, 3.8) is 0 Å². The molecule has 0 bridgehead atoms. The predicted molar refractivity (Wildman–Crippen MR) is 111 cm³/mol. The van der Waals surface area contributed by atoms with Gasteiger partial charge in [0, 0.05) is 29.8 Å². The van der Waals surface area contributed by atoms with Crippen molar-refractivity contribution in [2.24, 2.45) is 16.0 Å². The Balaban J connectivity index is 1.41. The van der Waals surface area contributed by atoms with Crippen LogP contribution in [0.1, 0.15) is 37.3 Å². The number of likely N-dealkylation sites (tertiary alicyclic amines) is 1. The van der Waals surface area contributed by atoms with Gasteiger partial charge in [-0.05, 0) is 76.2 Å². The molecule has 0 aromatic heterocycles. The molecule has 4 aliphatic heterocycles. The zero-order valence-electron chi connectivity index (χ0n) is 16.5. The molecule has 28 heavy (non-hydrogen) atoms. The molecule has 144 valence electrons. The summed E-state index contributed by atoms with van der Waals surface area (Å²) >= 11 is 0. The topological polar surface area (TPSA) is 31.2 Å². The minimum atomic E-state index is -0.238. The van der Waals surface area contributed by atoms with E-state index in [1.807, 2.05) is 17.3 Å². The van der Waals surface area contributed by atoms with E-state index in [0.29, 0.717) is 11.6 Å². The SMILES string of the molecule is CC1=CN2N=C(c3cc(F)c4c(c3)CC(C3CCN(C)CC3)=N4)C=CC2=CC1. The maximum absolute atomic E-state index is 14.9. The number of rotatable bonds is 2. The number of benzene rings is 1. The van der Waals surface area contributed by atoms with Gasteiger partial charge in [0.1, 0.15) is 11.5 Å². The molecule has 0 N–H and O–H groups in total. The van der Waals surface area contributed by atoms with Crippen molar-refractivity contribution in [3.8, 4) is 0 Å². The number of aliphatic imine (C=N–C) groups is 1. The molecule has 1 aromatic rings. The second kappa shape index (κ2) is 6.82. The van der Waals surface area contributed by atoms with Crippen LogP contribution in [-0.2, 0) is 6.42 Å². The Morgan fingerprint density at radius 3 is 2.79 bits per heavy atom. The van der Waals surface area contributed by atoms with Crippen LogP contribution in [-0.4, -0.2) is 41.5 Å². The largest absolute Gasteiger partial charge is 0.306 e. The number of hydrazone groups is 1. The lowest BCUT2D eigenvalue weighted by molar-refractivity contribution is 0.251. The maximum atomic E-state index is 14.9. The van der Waals surface area contributed by atoms with Gasteiger partial charge < -0.3 is 4.90 Å². The fourth-order valence-corrected chi connectivity index (χ4v) is 4.41. The van der Waals surface area contributed by atoms with Gasteiger partial charge in [0.25, 0.3) is 0 Å². The van der Waals surface area contributed by atoms with Gasteiger partial charge in [-0.1, -0.05) is 11.6 Å². The van der Waals surface area contributed by atoms with Crippen LogP contribution in [0.5, 0.6) is 0 Å². The average molecular weight is 376 g/mol. The third-order valence-corrected chi connectivity index (χ3v) is 6.12. The summed E-state index contributed by atoms with van der Waals surface area (Å²) in [5.74, 6) is 0.241. The van der Waals surface area contributed by atoms with E-state index in [-0.39, 0.29) is 5.82 Å². The number of piperidine rings is 1. The molecule has 0 spiro atoms. The zero-order valence-corrected chi connectivity index (χ0v) is 16.5. The Morgan fingerprint density at radius 1 is 1.14 bits per heavy atom. The first-order valence-electron chi connectivity index (χ1n) is 10.1. The fraction of sp³-hybridized carbons (Fsp3) is 0.391. The molecule has 0 amide bonds. The summed E-state index contributed by atoms with van der Waals surface area (Å²) in [4.78, 5) is 7.05. The van der Waals surface area contributed by atoms with Crippen molar-refractivity contribution in [1.82, 2.24) is 9.91 Å². The normalized spacial score (nSPS) is 22.3. The molecule has 0 unspecified atom stereocenters. The quantitative estimate of drug-likeness (QED) is 0.757. The Labute approximate surface area is 165 Å². The molecule has 4 aliphatic rings. The molecule has 5 heteroatoms. The van der Waals surface area contributed by atoms with E-state index >= 15 is 0 Å². The Bertz CT molecular complexity index is 975. The molecular formula is C23H25FN4. The van der Waals surface area contributed by atoms with Crippen molar-refractivity contribution >= 4 is 17.1 Å². The molecule has 4 heterocycles. The van der Waals surface area contributed by atoms with Gasteiger partial charge in [-0.3, -0.25) is 4.99 Å². The lowest BCUT2D eigenvalue weighted by Gasteiger charge is -2.28. The van der Waals surface area contributed by atoms with E-state index in [9.17, 15) is 4.39 Å². The monoisotopic (exact) mass is 376 g/mol. The first kappa shape index (κ1) is 17.6. The molecule has 0 radical (unpaired) electrons. The van der Waals surface area contributed by atoms with Crippen molar-refractivity contribution < 1.29 is 4.39 Å². The minimum Gasteiger partial charge on any atom is -0.306 e. The minimum absolute atomic E-state index is 0.238. The lowest BCUT2D eigenvalue weighted by Crippen LogP contribution is -2.33. The zero-order chi connectivity index (χ0) is 19.3. The molecule has 1 aromatic carbocycles. The smallest absolute Gasteiger partial charge is 0.149 e. The summed E-state index contributed by atoms with van der Waals surface area (Å²) in [7, 11) is 2.16. The van der Waals surface area contributed by atoms with E-state index in [1.165, 1.54) is 5.57 Å². The van der Waals surface area contributed by atoms with Gasteiger partial charge in [0.15, 0.2) is 0 Å². The number of halogens is 1. The van der Waals surface area contributed by atoms with E-state index in [2.05, 4.69) is 37.1 Å². The summed E-state index contributed by atoms with van der Waals surface area (Å²) in [5, 5.41) is 6.61. The van der Waals surface area contributed by atoms with Crippen LogP contribution in [0.25, 0.3) is 0 Å².